The van der Waals surface area contributed by atoms with E-state index in [1.165, 1.54) is 0 Å². The molecule has 2 aromatic rings. The molecule has 0 spiro atoms. The average molecular weight is 157 g/mol. The van der Waals surface area contributed by atoms with E-state index in [2.05, 4.69) is 11.3 Å². The first-order valence-corrected chi connectivity index (χ1v) is 3.83. The smallest absolute Gasteiger partial charge is 0.121 e. The summed E-state index contributed by atoms with van der Waals surface area (Å²) in [5.41, 5.74) is 2.20. The Morgan fingerprint density at radius 2 is 2.00 bits per heavy atom. The van der Waals surface area contributed by atoms with Crippen LogP contribution in [0.1, 0.15) is 0 Å². The van der Waals surface area contributed by atoms with Crippen LogP contribution >= 0.6 is 0 Å². The average Bonchev–Trinajstić information content (AvgIpc) is 2.54. The molecule has 0 aliphatic rings. The molecule has 0 saturated heterocycles. The summed E-state index contributed by atoms with van der Waals surface area (Å²) in [6.07, 6.45) is 4.89. The summed E-state index contributed by atoms with van der Waals surface area (Å²) in [5.74, 6) is 0. The van der Waals surface area contributed by atoms with Crippen LogP contribution in [0, 0.1) is 6.20 Å². The Kier molecular flexibility index (Phi) is 1.67. The number of aromatic nitrogens is 2. The number of hydrogen-bond acceptors (Lipinski definition) is 1. The van der Waals surface area contributed by atoms with Gasteiger partial charge in [0, 0.05) is 18.8 Å². The Labute approximate surface area is 71.5 Å². The zero-order valence-electron chi connectivity index (χ0n) is 6.86. The predicted molar refractivity (Wildman–Crippen MR) is 47.5 cm³/mol. The summed E-state index contributed by atoms with van der Waals surface area (Å²) in [7, 11) is 1.89. The van der Waals surface area contributed by atoms with Crippen molar-refractivity contribution in [1.82, 2.24) is 9.78 Å². The van der Waals surface area contributed by atoms with Crippen LogP contribution in [0.5, 0.6) is 0 Å². The number of rotatable bonds is 1. The lowest BCUT2D eigenvalue weighted by Crippen LogP contribution is -1.84. The molecular weight excluding hydrogens is 148 g/mol. The van der Waals surface area contributed by atoms with Crippen LogP contribution in [0.25, 0.3) is 11.1 Å². The van der Waals surface area contributed by atoms with Gasteiger partial charge in [0.1, 0.15) is 6.20 Å². The highest BCUT2D eigenvalue weighted by Gasteiger charge is 1.97. The normalized spacial score (nSPS) is 10.1. The van der Waals surface area contributed by atoms with E-state index < -0.39 is 0 Å². The van der Waals surface area contributed by atoms with Crippen molar-refractivity contribution in [3.63, 3.8) is 0 Å². The molecule has 2 nitrogen and oxygen atoms in total. The number of nitrogens with zero attached hydrogens (tertiary/aromatic N) is 2. The van der Waals surface area contributed by atoms with Crippen LogP contribution in [0.3, 0.4) is 0 Å². The van der Waals surface area contributed by atoms with E-state index in [9.17, 15) is 0 Å². The minimum Gasteiger partial charge on any atom is -0.274 e. The quantitative estimate of drug-likeness (QED) is 0.618. The molecule has 0 aliphatic heterocycles. The summed E-state index contributed by atoms with van der Waals surface area (Å²) in [6, 6.07) is 10.1. The molecule has 59 valence electrons. The molecule has 0 N–H and O–H groups in total. The zero-order chi connectivity index (χ0) is 8.39. The van der Waals surface area contributed by atoms with E-state index in [1.54, 1.807) is 4.68 Å². The van der Waals surface area contributed by atoms with Gasteiger partial charge < -0.3 is 0 Å². The minimum absolute atomic E-state index is 1.04. The van der Waals surface area contributed by atoms with Gasteiger partial charge in [0.2, 0.25) is 0 Å². The molecule has 0 aliphatic carbocycles. The molecule has 2 heteroatoms. The maximum absolute atomic E-state index is 3.98. The van der Waals surface area contributed by atoms with Crippen molar-refractivity contribution in [2.24, 2.45) is 7.05 Å². The summed E-state index contributed by atoms with van der Waals surface area (Å²) in [5, 5.41) is 3.98. The van der Waals surface area contributed by atoms with Gasteiger partial charge in [-0.3, -0.25) is 4.68 Å². The van der Waals surface area contributed by atoms with Crippen LogP contribution < -0.4 is 0 Å². The van der Waals surface area contributed by atoms with Gasteiger partial charge >= 0.3 is 0 Å². The van der Waals surface area contributed by atoms with E-state index in [0.717, 1.165) is 11.1 Å². The largest absolute Gasteiger partial charge is 0.274 e. The molecule has 2 rings (SSSR count). The standard InChI is InChI=1S/C10H9N2/c1-12-8-10(7-11-12)9-5-3-2-4-6-9/h2-6,8H,1H3. The number of benzene rings is 1. The highest BCUT2D eigenvalue weighted by molar-refractivity contribution is 5.60. The first-order chi connectivity index (χ1) is 5.86. The minimum atomic E-state index is 1.04. The van der Waals surface area contributed by atoms with Gasteiger partial charge in [-0.2, -0.15) is 5.10 Å². The lowest BCUT2D eigenvalue weighted by Gasteiger charge is -1.92. The van der Waals surface area contributed by atoms with Crippen molar-refractivity contribution in [3.05, 3.63) is 42.7 Å². The van der Waals surface area contributed by atoms with Crippen molar-refractivity contribution in [3.8, 4) is 11.1 Å². The Balaban J connectivity index is 2.45. The van der Waals surface area contributed by atoms with Gasteiger partial charge in [-0.15, -0.1) is 0 Å². The molecule has 1 radical (unpaired) electrons. The Bertz CT molecular complexity index is 362. The van der Waals surface area contributed by atoms with Gasteiger partial charge in [-0.25, -0.2) is 0 Å². The van der Waals surface area contributed by atoms with Crippen LogP contribution in [-0.4, -0.2) is 9.78 Å². The number of aryl methyl sites for hydroxylation is 1. The molecule has 1 heterocycles. The SMILES string of the molecule is Cn1cc(-c2ccccc2)[c]n1. The fourth-order valence-corrected chi connectivity index (χ4v) is 1.13. The fourth-order valence-electron chi connectivity index (χ4n) is 1.13. The molecule has 0 unspecified atom stereocenters. The summed E-state index contributed by atoms with van der Waals surface area (Å²) < 4.78 is 1.75. The van der Waals surface area contributed by atoms with Crippen LogP contribution in [-0.2, 0) is 7.05 Å². The third kappa shape index (κ3) is 1.23. The van der Waals surface area contributed by atoms with Gasteiger partial charge in [-0.05, 0) is 5.56 Å². The maximum Gasteiger partial charge on any atom is 0.121 e. The van der Waals surface area contributed by atoms with Crippen molar-refractivity contribution in [2.45, 2.75) is 0 Å². The van der Waals surface area contributed by atoms with E-state index in [0.29, 0.717) is 0 Å². The first-order valence-electron chi connectivity index (χ1n) is 3.83. The van der Waals surface area contributed by atoms with Crippen molar-refractivity contribution < 1.29 is 0 Å². The van der Waals surface area contributed by atoms with Gasteiger partial charge in [-0.1, -0.05) is 30.3 Å². The second kappa shape index (κ2) is 2.81. The molecule has 12 heavy (non-hydrogen) atoms. The van der Waals surface area contributed by atoms with E-state index in [-0.39, 0.29) is 0 Å². The van der Waals surface area contributed by atoms with Crippen molar-refractivity contribution in [1.29, 1.82) is 0 Å². The van der Waals surface area contributed by atoms with Crippen LogP contribution in [0.15, 0.2) is 36.5 Å². The lowest BCUT2D eigenvalue weighted by molar-refractivity contribution is 0.765. The monoisotopic (exact) mass is 157 g/mol. The second-order valence-electron chi connectivity index (χ2n) is 2.69. The fraction of sp³-hybridized carbons (Fsp3) is 0.100. The van der Waals surface area contributed by atoms with E-state index in [1.807, 2.05) is 43.6 Å². The maximum atomic E-state index is 3.98. The summed E-state index contributed by atoms with van der Waals surface area (Å²) in [6.45, 7) is 0. The Morgan fingerprint density at radius 1 is 1.25 bits per heavy atom. The Morgan fingerprint density at radius 3 is 2.58 bits per heavy atom. The van der Waals surface area contributed by atoms with E-state index in [4.69, 9.17) is 0 Å². The topological polar surface area (TPSA) is 17.8 Å². The Hall–Kier alpha value is -1.57. The van der Waals surface area contributed by atoms with Crippen molar-refractivity contribution >= 4 is 0 Å². The summed E-state index contributed by atoms with van der Waals surface area (Å²) in [4.78, 5) is 0. The van der Waals surface area contributed by atoms with Gasteiger partial charge in [0.15, 0.2) is 0 Å². The molecule has 0 bridgehead atoms. The molecule has 0 saturated carbocycles. The molecule has 1 aromatic carbocycles. The van der Waals surface area contributed by atoms with Gasteiger partial charge in [0.25, 0.3) is 0 Å². The molecular formula is C10H9N2. The molecule has 0 amide bonds. The summed E-state index contributed by atoms with van der Waals surface area (Å²) >= 11 is 0. The first kappa shape index (κ1) is 7.10. The van der Waals surface area contributed by atoms with Crippen LogP contribution in [0.2, 0.25) is 0 Å². The number of hydrogen-bond donors (Lipinski definition) is 0. The molecule has 0 fully saturated rings. The molecule has 1 aromatic heterocycles. The molecule has 0 atom stereocenters. The third-order valence-electron chi connectivity index (χ3n) is 1.73. The van der Waals surface area contributed by atoms with Gasteiger partial charge in [0.05, 0.1) is 0 Å². The van der Waals surface area contributed by atoms with Crippen molar-refractivity contribution in [2.75, 3.05) is 0 Å². The zero-order valence-corrected chi connectivity index (χ0v) is 6.86. The lowest BCUT2D eigenvalue weighted by atomic mass is 10.1. The van der Waals surface area contributed by atoms with E-state index >= 15 is 0 Å². The highest BCUT2D eigenvalue weighted by Crippen LogP contribution is 2.15. The predicted octanol–water partition coefficient (Wildman–Crippen LogP) is 1.89. The highest BCUT2D eigenvalue weighted by atomic mass is 15.2. The second-order valence-corrected chi connectivity index (χ2v) is 2.69. The van der Waals surface area contributed by atoms with Crippen LogP contribution in [0.4, 0.5) is 0 Å². The third-order valence-corrected chi connectivity index (χ3v) is 1.73.